The number of para-hydroxylation sites is 1. The minimum Gasteiger partial charge on any atom is -0.618 e. The highest BCUT2D eigenvalue weighted by Crippen LogP contribution is 2.19. The van der Waals surface area contributed by atoms with Gasteiger partial charge in [0.15, 0.2) is 17.7 Å². The van der Waals surface area contributed by atoms with Crippen molar-refractivity contribution in [1.29, 1.82) is 0 Å². The monoisotopic (exact) mass is 492 g/mol. The molecule has 2 N–H and O–H groups in total. The standard InChI is InChI=1S/C26H28N4O6/c1-16(2)23(28-24(32)22-14-17-8-3-4-11-21(17)36-22)25(33)27-18-9-7-12-29(15-20(18)31)26(34)19-10-5-6-13-30(19)35/h3-6,8,10-11,13-14,16,18,23H,7,9,12,15H2,1-2H3,(H,27,33)(H,28,32). The first-order chi connectivity index (χ1) is 17.2. The van der Waals surface area contributed by atoms with Gasteiger partial charge in [0.25, 0.3) is 11.6 Å². The Balaban J connectivity index is 1.41. The van der Waals surface area contributed by atoms with Gasteiger partial charge in [0, 0.05) is 24.1 Å². The Hall–Kier alpha value is -4.21. The number of aromatic nitrogens is 1. The number of likely N-dealkylation sites (tertiary alicyclic amines) is 1. The summed E-state index contributed by atoms with van der Waals surface area (Å²) in [4.78, 5) is 52.9. The molecule has 0 aliphatic carbocycles. The minimum atomic E-state index is -0.900. The summed E-state index contributed by atoms with van der Waals surface area (Å²) in [6.45, 7) is 3.63. The van der Waals surface area contributed by atoms with Crippen molar-refractivity contribution in [2.45, 2.75) is 38.8 Å². The van der Waals surface area contributed by atoms with Gasteiger partial charge in [-0.1, -0.05) is 32.0 Å². The third-order valence-corrected chi connectivity index (χ3v) is 6.19. The van der Waals surface area contributed by atoms with E-state index in [0.717, 1.165) is 5.39 Å². The predicted molar refractivity (Wildman–Crippen MR) is 130 cm³/mol. The van der Waals surface area contributed by atoms with Crippen molar-refractivity contribution in [2.75, 3.05) is 13.1 Å². The number of nitrogens with zero attached hydrogens (tertiary/aromatic N) is 2. The highest BCUT2D eigenvalue weighted by Gasteiger charge is 2.34. The van der Waals surface area contributed by atoms with E-state index in [1.54, 1.807) is 38.1 Å². The predicted octanol–water partition coefficient (Wildman–Crippen LogP) is 1.81. The number of Topliss-reactive ketones (excluding diaryl/α,β-unsaturated/α-hetero) is 1. The van der Waals surface area contributed by atoms with Crippen LogP contribution in [-0.2, 0) is 9.59 Å². The summed E-state index contributed by atoms with van der Waals surface area (Å²) in [6.07, 6.45) is 2.02. The van der Waals surface area contributed by atoms with Crippen molar-refractivity contribution in [3.05, 3.63) is 71.4 Å². The van der Waals surface area contributed by atoms with Crippen LogP contribution < -0.4 is 15.4 Å². The van der Waals surface area contributed by atoms with Crippen molar-refractivity contribution < 1.29 is 28.3 Å². The van der Waals surface area contributed by atoms with E-state index < -0.39 is 29.8 Å². The maximum Gasteiger partial charge on any atom is 0.320 e. The summed E-state index contributed by atoms with van der Waals surface area (Å²) in [5.74, 6) is -2.07. The molecule has 0 saturated carbocycles. The number of hydrogen-bond donors (Lipinski definition) is 2. The normalized spacial score (nSPS) is 17.0. The Morgan fingerprint density at radius 1 is 1.14 bits per heavy atom. The summed E-state index contributed by atoms with van der Waals surface area (Å²) in [7, 11) is 0. The van der Waals surface area contributed by atoms with Gasteiger partial charge in [0.2, 0.25) is 5.91 Å². The van der Waals surface area contributed by atoms with E-state index in [4.69, 9.17) is 4.42 Å². The number of rotatable bonds is 6. The van der Waals surface area contributed by atoms with E-state index in [2.05, 4.69) is 10.6 Å². The van der Waals surface area contributed by atoms with E-state index in [1.807, 2.05) is 12.1 Å². The molecule has 2 atom stereocenters. The molecular weight excluding hydrogens is 464 g/mol. The summed E-state index contributed by atoms with van der Waals surface area (Å²) < 4.78 is 6.06. The van der Waals surface area contributed by atoms with Gasteiger partial charge in [-0.3, -0.25) is 19.2 Å². The van der Waals surface area contributed by atoms with E-state index >= 15 is 0 Å². The minimum absolute atomic E-state index is 0.0686. The second-order valence-electron chi connectivity index (χ2n) is 9.15. The van der Waals surface area contributed by atoms with Gasteiger partial charge in [0.1, 0.15) is 11.6 Å². The van der Waals surface area contributed by atoms with Crippen LogP contribution in [0.5, 0.6) is 0 Å². The molecule has 4 rings (SSSR count). The number of nitrogens with one attached hydrogen (secondary N) is 2. The first-order valence-corrected chi connectivity index (χ1v) is 11.8. The lowest BCUT2D eigenvalue weighted by Gasteiger charge is -2.24. The van der Waals surface area contributed by atoms with Gasteiger partial charge in [-0.15, -0.1) is 0 Å². The molecule has 1 aliphatic rings. The van der Waals surface area contributed by atoms with Crippen LogP contribution in [0.15, 0.2) is 59.1 Å². The molecule has 0 spiro atoms. The Labute approximate surface area is 207 Å². The van der Waals surface area contributed by atoms with Gasteiger partial charge in [-0.05, 0) is 37.0 Å². The van der Waals surface area contributed by atoms with Crippen molar-refractivity contribution in [3.63, 3.8) is 0 Å². The summed E-state index contributed by atoms with van der Waals surface area (Å²) >= 11 is 0. The van der Waals surface area contributed by atoms with E-state index in [0.29, 0.717) is 23.2 Å². The molecule has 3 amide bonds. The van der Waals surface area contributed by atoms with Crippen LogP contribution in [0.2, 0.25) is 0 Å². The molecular formula is C26H28N4O6. The first kappa shape index (κ1) is 24.9. The zero-order valence-corrected chi connectivity index (χ0v) is 20.1. The fraction of sp³-hybridized carbons (Fsp3) is 0.346. The number of furan rings is 1. The number of carbonyl (C=O) groups excluding carboxylic acids is 4. The zero-order valence-electron chi connectivity index (χ0n) is 20.1. The summed E-state index contributed by atoms with van der Waals surface area (Å²) in [5.41, 5.74) is 0.496. The molecule has 36 heavy (non-hydrogen) atoms. The van der Waals surface area contributed by atoms with Gasteiger partial charge < -0.3 is 25.2 Å². The fourth-order valence-electron chi connectivity index (χ4n) is 4.21. The average molecular weight is 493 g/mol. The fourth-order valence-corrected chi connectivity index (χ4v) is 4.21. The van der Waals surface area contributed by atoms with Gasteiger partial charge >= 0.3 is 5.91 Å². The van der Waals surface area contributed by atoms with Gasteiger partial charge in [-0.25, -0.2) is 0 Å². The molecule has 3 aromatic rings. The van der Waals surface area contributed by atoms with Crippen LogP contribution in [0.3, 0.4) is 0 Å². The van der Waals surface area contributed by atoms with Gasteiger partial charge in [0.05, 0.1) is 12.6 Å². The number of benzene rings is 1. The molecule has 0 radical (unpaired) electrons. The highest BCUT2D eigenvalue weighted by atomic mass is 16.5. The molecule has 10 nitrogen and oxygen atoms in total. The SMILES string of the molecule is CC(C)C(NC(=O)c1cc2ccccc2o1)C(=O)NC1CCCN(C(=O)c2cccc[n+]2[O-])CC1=O. The largest absolute Gasteiger partial charge is 0.618 e. The second-order valence-corrected chi connectivity index (χ2v) is 9.15. The third-order valence-electron chi connectivity index (χ3n) is 6.19. The lowest BCUT2D eigenvalue weighted by atomic mass is 10.0. The van der Waals surface area contributed by atoms with Gasteiger partial charge in [-0.2, -0.15) is 4.73 Å². The van der Waals surface area contributed by atoms with Crippen LogP contribution >= 0.6 is 0 Å². The number of pyridine rings is 1. The molecule has 1 aromatic carbocycles. The molecule has 1 aliphatic heterocycles. The van der Waals surface area contributed by atoms with Crippen molar-refractivity contribution in [3.8, 4) is 0 Å². The summed E-state index contributed by atoms with van der Waals surface area (Å²) in [6, 6.07) is 11.6. The molecule has 0 bridgehead atoms. The van der Waals surface area contributed by atoms with E-state index in [-0.39, 0.29) is 36.2 Å². The second kappa shape index (κ2) is 10.6. The smallest absolute Gasteiger partial charge is 0.320 e. The maximum absolute atomic E-state index is 13.1. The number of ketones is 1. The molecule has 2 unspecified atom stereocenters. The Bertz CT molecular complexity index is 1270. The molecule has 10 heteroatoms. The van der Waals surface area contributed by atoms with Crippen LogP contribution in [-0.4, -0.2) is 53.6 Å². The first-order valence-electron chi connectivity index (χ1n) is 11.8. The van der Waals surface area contributed by atoms with Crippen LogP contribution in [0.25, 0.3) is 11.0 Å². The van der Waals surface area contributed by atoms with Crippen molar-refractivity contribution >= 4 is 34.5 Å². The zero-order chi connectivity index (χ0) is 25.8. The lowest BCUT2D eigenvalue weighted by molar-refractivity contribution is -0.608. The summed E-state index contributed by atoms with van der Waals surface area (Å²) in [5, 5.41) is 18.2. The van der Waals surface area contributed by atoms with Crippen molar-refractivity contribution in [2.24, 2.45) is 5.92 Å². The number of fused-ring (bicyclic) bond motifs is 1. The van der Waals surface area contributed by atoms with E-state index in [9.17, 15) is 24.4 Å². The molecule has 188 valence electrons. The Morgan fingerprint density at radius 2 is 1.89 bits per heavy atom. The number of amides is 3. The van der Waals surface area contributed by atoms with E-state index in [1.165, 1.54) is 23.2 Å². The molecule has 2 aromatic heterocycles. The Kier molecular flexibility index (Phi) is 7.33. The average Bonchev–Trinajstić information content (AvgIpc) is 3.21. The molecule has 1 fully saturated rings. The number of hydrogen-bond acceptors (Lipinski definition) is 6. The number of carbonyl (C=O) groups is 4. The molecule has 3 heterocycles. The van der Waals surface area contributed by atoms with Crippen molar-refractivity contribution in [1.82, 2.24) is 15.5 Å². The van der Waals surface area contributed by atoms with Crippen LogP contribution in [0.1, 0.15) is 47.7 Å². The topological polar surface area (TPSA) is 136 Å². The van der Waals surface area contributed by atoms with Crippen LogP contribution in [0.4, 0.5) is 0 Å². The lowest BCUT2D eigenvalue weighted by Crippen LogP contribution is -2.54. The van der Waals surface area contributed by atoms with Crippen LogP contribution in [0, 0.1) is 11.1 Å². The highest BCUT2D eigenvalue weighted by molar-refractivity contribution is 6.00. The molecule has 1 saturated heterocycles. The maximum atomic E-state index is 13.1. The Morgan fingerprint density at radius 3 is 2.61 bits per heavy atom. The third kappa shape index (κ3) is 5.37. The quantitative estimate of drug-likeness (QED) is 0.398.